The highest BCUT2D eigenvalue weighted by molar-refractivity contribution is 5.92. The Morgan fingerprint density at radius 2 is 1.70 bits per heavy atom. The molecule has 174 valence electrons. The number of urea groups is 1. The van der Waals surface area contributed by atoms with Crippen LogP contribution in [0.25, 0.3) is 11.4 Å². The molecule has 1 aliphatic rings. The number of aromatic amines is 1. The van der Waals surface area contributed by atoms with Crippen molar-refractivity contribution in [1.82, 2.24) is 25.4 Å². The Kier molecular flexibility index (Phi) is 6.37. The van der Waals surface area contributed by atoms with E-state index in [9.17, 15) is 18.0 Å². The lowest BCUT2D eigenvalue weighted by Gasteiger charge is -2.39. The van der Waals surface area contributed by atoms with Gasteiger partial charge in [0.1, 0.15) is 0 Å². The van der Waals surface area contributed by atoms with E-state index in [0.29, 0.717) is 25.2 Å². The molecule has 2 heterocycles. The summed E-state index contributed by atoms with van der Waals surface area (Å²) in [4.78, 5) is 20.6. The number of H-pyrrole nitrogens is 1. The molecule has 0 spiro atoms. The van der Waals surface area contributed by atoms with Gasteiger partial charge in [0.15, 0.2) is 5.82 Å². The monoisotopic (exact) mass is 458 g/mol. The molecule has 3 aromatic rings. The van der Waals surface area contributed by atoms with Crippen LogP contribution in [0.15, 0.2) is 54.6 Å². The van der Waals surface area contributed by atoms with E-state index in [1.807, 2.05) is 40.3 Å². The average Bonchev–Trinajstić information content (AvgIpc) is 3.28. The van der Waals surface area contributed by atoms with Crippen molar-refractivity contribution in [2.24, 2.45) is 0 Å². The second-order valence-electron chi connectivity index (χ2n) is 8.28. The summed E-state index contributed by atoms with van der Waals surface area (Å²) in [5, 5.41) is 9.01. The number of alkyl halides is 3. The van der Waals surface area contributed by atoms with Crippen LogP contribution in [0.2, 0.25) is 0 Å². The summed E-state index contributed by atoms with van der Waals surface area (Å²) in [5.74, 6) is -1.17. The summed E-state index contributed by atoms with van der Waals surface area (Å²) in [6, 6.07) is 16.6. The second kappa shape index (κ2) is 9.22. The highest BCUT2D eigenvalue weighted by atomic mass is 19.4. The summed E-state index contributed by atoms with van der Waals surface area (Å²) in [6.45, 7) is 5.64. The zero-order chi connectivity index (χ0) is 23.6. The van der Waals surface area contributed by atoms with Gasteiger partial charge in [0.2, 0.25) is 5.82 Å². The van der Waals surface area contributed by atoms with Gasteiger partial charge in [-0.2, -0.15) is 18.3 Å². The predicted octanol–water partition coefficient (Wildman–Crippen LogP) is 4.30. The van der Waals surface area contributed by atoms with Crippen LogP contribution in [0.5, 0.6) is 0 Å². The van der Waals surface area contributed by atoms with Gasteiger partial charge in [-0.3, -0.25) is 10.00 Å². The molecule has 1 aliphatic heterocycles. The van der Waals surface area contributed by atoms with Crippen molar-refractivity contribution in [3.8, 4) is 11.4 Å². The van der Waals surface area contributed by atoms with Crippen molar-refractivity contribution >= 4 is 11.7 Å². The number of carbonyl (C=O) groups is 1. The van der Waals surface area contributed by atoms with Crippen molar-refractivity contribution < 1.29 is 18.0 Å². The average molecular weight is 458 g/mol. The number of nitrogens with zero attached hydrogens (tertiary/aromatic N) is 4. The van der Waals surface area contributed by atoms with E-state index >= 15 is 0 Å². The number of rotatable bonds is 4. The third kappa shape index (κ3) is 5.33. The summed E-state index contributed by atoms with van der Waals surface area (Å²) in [5.41, 5.74) is 2.06. The van der Waals surface area contributed by atoms with Crippen LogP contribution in [0, 0.1) is 0 Å². The Hall–Kier alpha value is -3.40. The minimum Gasteiger partial charge on any atom is -0.321 e. The lowest BCUT2D eigenvalue weighted by Crippen LogP contribution is -2.58. The van der Waals surface area contributed by atoms with Crippen LogP contribution in [-0.2, 0) is 12.7 Å². The van der Waals surface area contributed by atoms with Crippen LogP contribution < -0.4 is 10.2 Å². The smallest absolute Gasteiger partial charge is 0.321 e. The molecule has 2 N–H and O–H groups in total. The molecule has 10 heteroatoms. The number of carbonyl (C=O) groups excluding carboxylic acids is 1. The van der Waals surface area contributed by atoms with Crippen LogP contribution in [0.4, 0.5) is 23.7 Å². The Morgan fingerprint density at radius 1 is 1.06 bits per heavy atom. The molecule has 0 saturated carbocycles. The fourth-order valence-corrected chi connectivity index (χ4v) is 3.99. The number of halogens is 3. The quantitative estimate of drug-likeness (QED) is 0.611. The van der Waals surface area contributed by atoms with Gasteiger partial charge >= 0.3 is 12.2 Å². The Bertz CT molecular complexity index is 1070. The highest BCUT2D eigenvalue weighted by Gasteiger charge is 2.35. The largest absolute Gasteiger partial charge is 0.451 e. The molecule has 1 fully saturated rings. The molecule has 1 saturated heterocycles. The minimum atomic E-state index is -4.58. The number of nitrogens with one attached hydrogen (secondary N) is 2. The number of anilines is 1. The SMILES string of the molecule is C[C@@H]1CN(C(=O)N(Cc2ccc(-c3n[nH]c(C(F)(F)F)n3)cc2)c2ccccc2)C[C@H](C)N1. The highest BCUT2D eigenvalue weighted by Crippen LogP contribution is 2.28. The van der Waals surface area contributed by atoms with Crippen molar-refractivity contribution in [2.45, 2.75) is 38.7 Å². The predicted molar refractivity (Wildman–Crippen MR) is 118 cm³/mol. The molecule has 0 bridgehead atoms. The van der Waals surface area contributed by atoms with Gasteiger partial charge in [0.05, 0.1) is 6.54 Å². The van der Waals surface area contributed by atoms with Crippen LogP contribution >= 0.6 is 0 Å². The zero-order valence-electron chi connectivity index (χ0n) is 18.3. The molecule has 0 unspecified atom stereocenters. The van der Waals surface area contributed by atoms with Crippen molar-refractivity contribution in [1.29, 1.82) is 0 Å². The van der Waals surface area contributed by atoms with Crippen molar-refractivity contribution in [3.05, 3.63) is 66.0 Å². The Morgan fingerprint density at radius 3 is 2.27 bits per heavy atom. The molecule has 33 heavy (non-hydrogen) atoms. The lowest BCUT2D eigenvalue weighted by atomic mass is 10.1. The van der Waals surface area contributed by atoms with Crippen LogP contribution in [0.3, 0.4) is 0 Å². The second-order valence-corrected chi connectivity index (χ2v) is 8.28. The van der Waals surface area contributed by atoms with Gasteiger partial charge in [-0.05, 0) is 31.5 Å². The summed E-state index contributed by atoms with van der Waals surface area (Å²) in [7, 11) is 0. The van der Waals surface area contributed by atoms with E-state index in [4.69, 9.17) is 0 Å². The van der Waals surface area contributed by atoms with Gasteiger partial charge in [-0.15, -0.1) is 0 Å². The zero-order valence-corrected chi connectivity index (χ0v) is 18.3. The first kappa shape index (κ1) is 22.8. The molecular formula is C23H25F3N6O. The first-order valence-electron chi connectivity index (χ1n) is 10.7. The molecule has 7 nitrogen and oxygen atoms in total. The molecule has 2 amide bonds. The Labute approximate surface area is 189 Å². The van der Waals surface area contributed by atoms with E-state index in [0.717, 1.165) is 11.3 Å². The summed E-state index contributed by atoms with van der Waals surface area (Å²) in [6.07, 6.45) is -4.58. The van der Waals surface area contributed by atoms with Gasteiger partial charge in [0.25, 0.3) is 0 Å². The molecule has 4 rings (SSSR count). The molecule has 2 aromatic carbocycles. The maximum Gasteiger partial charge on any atom is 0.451 e. The van der Waals surface area contributed by atoms with E-state index in [1.54, 1.807) is 29.2 Å². The van der Waals surface area contributed by atoms with Crippen molar-refractivity contribution in [3.63, 3.8) is 0 Å². The number of benzene rings is 2. The number of piperazine rings is 1. The van der Waals surface area contributed by atoms with Gasteiger partial charge in [-0.25, -0.2) is 9.78 Å². The first-order chi connectivity index (χ1) is 15.7. The third-order valence-corrected chi connectivity index (χ3v) is 5.43. The summed E-state index contributed by atoms with van der Waals surface area (Å²) < 4.78 is 38.4. The van der Waals surface area contributed by atoms with Gasteiger partial charge < -0.3 is 10.2 Å². The molecule has 2 atom stereocenters. The number of hydrogen-bond acceptors (Lipinski definition) is 4. The molecular weight excluding hydrogens is 433 g/mol. The lowest BCUT2D eigenvalue weighted by molar-refractivity contribution is -0.144. The maximum atomic E-state index is 13.5. The molecule has 1 aromatic heterocycles. The summed E-state index contributed by atoms with van der Waals surface area (Å²) >= 11 is 0. The fourth-order valence-electron chi connectivity index (χ4n) is 3.99. The van der Waals surface area contributed by atoms with E-state index in [-0.39, 0.29) is 23.9 Å². The fraction of sp³-hybridized carbons (Fsp3) is 0.348. The first-order valence-corrected chi connectivity index (χ1v) is 10.7. The Balaban J connectivity index is 1.55. The normalized spacial score (nSPS) is 18.9. The minimum absolute atomic E-state index is 0.0336. The van der Waals surface area contributed by atoms with E-state index in [1.165, 1.54) is 0 Å². The van der Waals surface area contributed by atoms with E-state index < -0.39 is 12.0 Å². The van der Waals surface area contributed by atoms with Gasteiger partial charge in [-0.1, -0.05) is 42.5 Å². The third-order valence-electron chi connectivity index (χ3n) is 5.43. The van der Waals surface area contributed by atoms with E-state index in [2.05, 4.69) is 29.2 Å². The molecule has 0 radical (unpaired) electrons. The number of hydrogen-bond donors (Lipinski definition) is 2. The van der Waals surface area contributed by atoms with Gasteiger partial charge in [0, 0.05) is 36.4 Å². The molecule has 0 aliphatic carbocycles. The van der Waals surface area contributed by atoms with Crippen molar-refractivity contribution in [2.75, 3.05) is 18.0 Å². The standard InChI is InChI=1S/C23H25F3N6O/c1-15-12-31(13-16(2)27-15)22(33)32(19-6-4-3-5-7-19)14-17-8-10-18(11-9-17)20-28-21(30-29-20)23(24,25)26/h3-11,15-16,27H,12-14H2,1-2H3,(H,28,29,30)/t15-,16+. The number of amides is 2. The maximum absolute atomic E-state index is 13.5. The number of aromatic nitrogens is 3. The van der Waals surface area contributed by atoms with Crippen LogP contribution in [-0.4, -0.2) is 51.3 Å². The van der Waals surface area contributed by atoms with Crippen LogP contribution in [0.1, 0.15) is 25.2 Å². The topological polar surface area (TPSA) is 77.2 Å². The number of para-hydroxylation sites is 1.